The fourth-order valence-corrected chi connectivity index (χ4v) is 1.83. The Balaban J connectivity index is 2.32. The number of esters is 1. The zero-order chi connectivity index (χ0) is 12.9. The quantitative estimate of drug-likeness (QED) is 0.654. The minimum atomic E-state index is -0.854. The zero-order valence-corrected chi connectivity index (χ0v) is 11.4. The van der Waals surface area contributed by atoms with E-state index in [0.29, 0.717) is 13.0 Å². The monoisotopic (exact) mass is 242 g/mol. The summed E-state index contributed by atoms with van der Waals surface area (Å²) < 4.78 is 4.98. The van der Waals surface area contributed by atoms with E-state index < -0.39 is 5.54 Å². The first-order valence-corrected chi connectivity index (χ1v) is 6.68. The third kappa shape index (κ3) is 5.04. The normalized spacial score (nSPS) is 19.1. The smallest absolute Gasteiger partial charge is 0.325 e. The van der Waals surface area contributed by atoms with Crippen LogP contribution in [0.2, 0.25) is 0 Å². The van der Waals surface area contributed by atoms with E-state index in [0.717, 1.165) is 25.6 Å². The Morgan fingerprint density at radius 2 is 2.12 bits per heavy atom. The number of rotatable bonds is 8. The summed E-state index contributed by atoms with van der Waals surface area (Å²) in [5.41, 5.74) is 5.14. The van der Waals surface area contributed by atoms with Gasteiger partial charge in [0, 0.05) is 13.1 Å². The van der Waals surface area contributed by atoms with Crippen LogP contribution in [-0.2, 0) is 9.53 Å². The summed E-state index contributed by atoms with van der Waals surface area (Å²) in [6.07, 6.45) is 3.37. The molecule has 0 heterocycles. The SMILES string of the molecule is CCOC(=O)C(C)(N)CCN(CC)CC1CC1. The van der Waals surface area contributed by atoms with E-state index in [4.69, 9.17) is 10.5 Å². The standard InChI is InChI=1S/C13H26N2O2/c1-4-15(10-11-6-7-11)9-8-13(3,14)12(16)17-5-2/h11H,4-10,14H2,1-3H3. The van der Waals surface area contributed by atoms with Gasteiger partial charge in [0.2, 0.25) is 0 Å². The molecule has 17 heavy (non-hydrogen) atoms. The van der Waals surface area contributed by atoms with Crippen LogP contribution in [0.25, 0.3) is 0 Å². The molecule has 1 aliphatic carbocycles. The van der Waals surface area contributed by atoms with Gasteiger partial charge >= 0.3 is 5.97 Å². The molecule has 0 amide bonds. The summed E-state index contributed by atoms with van der Waals surface area (Å²) >= 11 is 0. The van der Waals surface area contributed by atoms with Crippen molar-refractivity contribution < 1.29 is 9.53 Å². The van der Waals surface area contributed by atoms with Gasteiger partial charge in [0.15, 0.2) is 0 Å². The number of ether oxygens (including phenoxy) is 1. The maximum atomic E-state index is 11.6. The van der Waals surface area contributed by atoms with E-state index in [1.54, 1.807) is 13.8 Å². The second-order valence-corrected chi connectivity index (χ2v) is 5.22. The number of nitrogens with two attached hydrogens (primary N) is 1. The summed E-state index contributed by atoms with van der Waals surface area (Å²) in [7, 11) is 0. The lowest BCUT2D eigenvalue weighted by molar-refractivity contribution is -0.149. The minimum absolute atomic E-state index is 0.289. The van der Waals surface area contributed by atoms with Crippen LogP contribution in [-0.4, -0.2) is 42.6 Å². The summed E-state index contributed by atoms with van der Waals surface area (Å²) in [6, 6.07) is 0. The third-order valence-corrected chi connectivity index (χ3v) is 3.35. The first-order chi connectivity index (χ1) is 7.99. The fraction of sp³-hybridized carbons (Fsp3) is 0.923. The molecule has 0 saturated heterocycles. The van der Waals surface area contributed by atoms with Crippen molar-refractivity contribution in [3.8, 4) is 0 Å². The average Bonchev–Trinajstić information content (AvgIpc) is 3.08. The Labute approximate surface area is 104 Å². The highest BCUT2D eigenvalue weighted by Crippen LogP contribution is 2.29. The summed E-state index contributed by atoms with van der Waals surface area (Å²) in [5, 5.41) is 0. The molecular weight excluding hydrogens is 216 g/mol. The predicted molar refractivity (Wildman–Crippen MR) is 68.7 cm³/mol. The lowest BCUT2D eigenvalue weighted by Gasteiger charge is -2.27. The van der Waals surface area contributed by atoms with E-state index in [9.17, 15) is 4.79 Å². The molecule has 0 aromatic carbocycles. The first kappa shape index (κ1) is 14.5. The first-order valence-electron chi connectivity index (χ1n) is 6.68. The van der Waals surface area contributed by atoms with E-state index in [-0.39, 0.29) is 5.97 Å². The van der Waals surface area contributed by atoms with E-state index >= 15 is 0 Å². The fourth-order valence-electron chi connectivity index (χ4n) is 1.83. The average molecular weight is 242 g/mol. The van der Waals surface area contributed by atoms with Crippen LogP contribution in [0.1, 0.15) is 40.0 Å². The predicted octanol–water partition coefficient (Wildman–Crippen LogP) is 1.39. The highest BCUT2D eigenvalue weighted by atomic mass is 16.5. The van der Waals surface area contributed by atoms with Gasteiger partial charge in [0.25, 0.3) is 0 Å². The second kappa shape index (κ2) is 6.36. The van der Waals surface area contributed by atoms with Gasteiger partial charge in [-0.25, -0.2) is 0 Å². The molecule has 0 spiro atoms. The highest BCUT2D eigenvalue weighted by Gasteiger charge is 2.31. The number of hydrogen-bond donors (Lipinski definition) is 1. The van der Waals surface area contributed by atoms with Gasteiger partial charge in [-0.2, -0.15) is 0 Å². The second-order valence-electron chi connectivity index (χ2n) is 5.22. The molecule has 0 bridgehead atoms. The molecule has 1 unspecified atom stereocenters. The van der Waals surface area contributed by atoms with E-state index in [2.05, 4.69) is 11.8 Å². The van der Waals surface area contributed by atoms with E-state index in [1.165, 1.54) is 12.8 Å². The third-order valence-electron chi connectivity index (χ3n) is 3.35. The van der Waals surface area contributed by atoms with Crippen molar-refractivity contribution >= 4 is 5.97 Å². The molecule has 0 aliphatic heterocycles. The number of carbonyl (C=O) groups is 1. The van der Waals surface area contributed by atoms with Gasteiger partial charge < -0.3 is 15.4 Å². The molecule has 0 radical (unpaired) electrons. The summed E-state index contributed by atoms with van der Waals surface area (Å²) in [6.45, 7) is 9.16. The van der Waals surface area contributed by atoms with Crippen LogP contribution in [0.5, 0.6) is 0 Å². The molecule has 100 valence electrons. The summed E-state index contributed by atoms with van der Waals surface area (Å²) in [4.78, 5) is 14.0. The topological polar surface area (TPSA) is 55.6 Å². The molecule has 1 rings (SSSR count). The molecule has 2 N–H and O–H groups in total. The molecule has 4 heteroatoms. The zero-order valence-electron chi connectivity index (χ0n) is 11.4. The lowest BCUT2D eigenvalue weighted by atomic mass is 9.99. The van der Waals surface area contributed by atoms with Crippen LogP contribution in [0.15, 0.2) is 0 Å². The number of carbonyl (C=O) groups excluding carboxylic acids is 1. The maximum absolute atomic E-state index is 11.6. The molecular formula is C13H26N2O2. The van der Waals surface area contributed by atoms with Crippen molar-refractivity contribution in [3.05, 3.63) is 0 Å². The van der Waals surface area contributed by atoms with Crippen LogP contribution >= 0.6 is 0 Å². The molecule has 1 aliphatic rings. The molecule has 4 nitrogen and oxygen atoms in total. The Hall–Kier alpha value is -0.610. The van der Waals surface area contributed by atoms with Crippen molar-refractivity contribution in [1.29, 1.82) is 0 Å². The van der Waals surface area contributed by atoms with Gasteiger partial charge in [0.05, 0.1) is 6.61 Å². The van der Waals surface area contributed by atoms with Crippen LogP contribution in [0.3, 0.4) is 0 Å². The Morgan fingerprint density at radius 3 is 2.59 bits per heavy atom. The van der Waals surface area contributed by atoms with Crippen molar-refractivity contribution in [2.75, 3.05) is 26.2 Å². The Bertz CT molecular complexity index is 250. The minimum Gasteiger partial charge on any atom is -0.465 e. The lowest BCUT2D eigenvalue weighted by Crippen LogP contribution is -2.48. The van der Waals surface area contributed by atoms with Crippen LogP contribution < -0.4 is 5.73 Å². The maximum Gasteiger partial charge on any atom is 0.325 e. The number of hydrogen-bond acceptors (Lipinski definition) is 4. The molecule has 1 fully saturated rings. The van der Waals surface area contributed by atoms with Crippen molar-refractivity contribution in [2.45, 2.75) is 45.6 Å². The molecule has 1 saturated carbocycles. The van der Waals surface area contributed by atoms with Gasteiger partial charge in [-0.15, -0.1) is 0 Å². The van der Waals surface area contributed by atoms with Crippen molar-refractivity contribution in [2.24, 2.45) is 11.7 Å². The van der Waals surface area contributed by atoms with Crippen LogP contribution in [0, 0.1) is 5.92 Å². The van der Waals surface area contributed by atoms with E-state index in [1.807, 2.05) is 0 Å². The molecule has 0 aromatic heterocycles. The van der Waals surface area contributed by atoms with Gasteiger partial charge in [-0.05, 0) is 45.6 Å². The highest BCUT2D eigenvalue weighted by molar-refractivity contribution is 5.79. The Kier molecular flexibility index (Phi) is 5.40. The van der Waals surface area contributed by atoms with Crippen LogP contribution in [0.4, 0.5) is 0 Å². The Morgan fingerprint density at radius 1 is 1.47 bits per heavy atom. The van der Waals surface area contributed by atoms with Crippen molar-refractivity contribution in [3.63, 3.8) is 0 Å². The number of nitrogens with zero attached hydrogens (tertiary/aromatic N) is 1. The summed E-state index contributed by atoms with van der Waals surface area (Å²) in [5.74, 6) is 0.587. The molecule has 0 aromatic rings. The van der Waals surface area contributed by atoms with Gasteiger partial charge in [-0.3, -0.25) is 4.79 Å². The van der Waals surface area contributed by atoms with Crippen molar-refractivity contribution in [1.82, 2.24) is 4.90 Å². The van der Waals surface area contributed by atoms with Gasteiger partial charge in [-0.1, -0.05) is 6.92 Å². The molecule has 1 atom stereocenters. The largest absolute Gasteiger partial charge is 0.465 e. The van der Waals surface area contributed by atoms with Gasteiger partial charge in [0.1, 0.15) is 5.54 Å².